The minimum Gasteiger partial charge on any atom is -0.354 e. The van der Waals surface area contributed by atoms with Crippen molar-refractivity contribution in [3.05, 3.63) is 69.2 Å². The van der Waals surface area contributed by atoms with Gasteiger partial charge in [0.25, 0.3) is 17.7 Å². The lowest BCUT2D eigenvalue weighted by Crippen LogP contribution is -2.37. The van der Waals surface area contributed by atoms with Gasteiger partial charge in [-0.1, -0.05) is 35.3 Å². The van der Waals surface area contributed by atoms with Crippen LogP contribution in [0.25, 0.3) is 0 Å². The summed E-state index contributed by atoms with van der Waals surface area (Å²) in [5.74, 6) is -1.51. The van der Waals surface area contributed by atoms with Gasteiger partial charge in [-0.3, -0.25) is 24.1 Å². The summed E-state index contributed by atoms with van der Waals surface area (Å²) in [6, 6.07) is 11.1. The van der Waals surface area contributed by atoms with E-state index in [1.165, 1.54) is 12.1 Å². The Labute approximate surface area is 177 Å². The Morgan fingerprint density at radius 2 is 1.52 bits per heavy atom. The van der Waals surface area contributed by atoms with Crippen LogP contribution in [-0.2, 0) is 4.79 Å². The van der Waals surface area contributed by atoms with E-state index in [1.54, 1.807) is 30.3 Å². The summed E-state index contributed by atoms with van der Waals surface area (Å²) in [7, 11) is 0. The second-order valence-corrected chi connectivity index (χ2v) is 7.13. The molecule has 9 heteroatoms. The van der Waals surface area contributed by atoms with E-state index < -0.39 is 11.8 Å². The Hall–Kier alpha value is -2.90. The van der Waals surface area contributed by atoms with Gasteiger partial charge in [-0.25, -0.2) is 0 Å². The second kappa shape index (κ2) is 9.07. The lowest BCUT2D eigenvalue weighted by atomic mass is 10.1. The van der Waals surface area contributed by atoms with Crippen LogP contribution in [0.15, 0.2) is 42.5 Å². The van der Waals surface area contributed by atoms with Crippen LogP contribution in [0.3, 0.4) is 0 Å². The zero-order valence-corrected chi connectivity index (χ0v) is 16.7. The summed E-state index contributed by atoms with van der Waals surface area (Å²) in [5.41, 5.74) is 0.982. The number of nitrogens with zero attached hydrogens (tertiary/aromatic N) is 1. The van der Waals surface area contributed by atoms with Gasteiger partial charge < -0.3 is 10.6 Å². The highest BCUT2D eigenvalue weighted by Crippen LogP contribution is 2.22. The second-order valence-electron chi connectivity index (χ2n) is 6.29. The van der Waals surface area contributed by atoms with Gasteiger partial charge in [-0.05, 0) is 30.3 Å². The van der Waals surface area contributed by atoms with Crippen LogP contribution in [0, 0.1) is 0 Å². The van der Waals surface area contributed by atoms with Gasteiger partial charge in [-0.15, -0.1) is 0 Å². The number of carbonyl (C=O) groups is 4. The number of halogens is 2. The van der Waals surface area contributed by atoms with Crippen molar-refractivity contribution in [3.8, 4) is 0 Å². The van der Waals surface area contributed by atoms with E-state index in [1.807, 2.05) is 0 Å². The minimum absolute atomic E-state index is 0.00901. The number of benzene rings is 2. The van der Waals surface area contributed by atoms with Crippen molar-refractivity contribution in [2.75, 3.05) is 19.6 Å². The van der Waals surface area contributed by atoms with Gasteiger partial charge in [0.05, 0.1) is 21.7 Å². The first-order valence-electron chi connectivity index (χ1n) is 8.83. The maximum Gasteiger partial charge on any atom is 0.261 e. The van der Waals surface area contributed by atoms with Crippen LogP contribution in [0.4, 0.5) is 0 Å². The van der Waals surface area contributed by atoms with Crippen molar-refractivity contribution in [3.63, 3.8) is 0 Å². The average molecular weight is 434 g/mol. The van der Waals surface area contributed by atoms with Gasteiger partial charge in [0.15, 0.2) is 0 Å². The van der Waals surface area contributed by atoms with Gasteiger partial charge in [0, 0.05) is 31.1 Å². The normalized spacial score (nSPS) is 12.7. The van der Waals surface area contributed by atoms with Crippen LogP contribution >= 0.6 is 23.2 Å². The van der Waals surface area contributed by atoms with E-state index in [0.29, 0.717) is 16.1 Å². The molecule has 0 fully saturated rings. The van der Waals surface area contributed by atoms with Crippen molar-refractivity contribution in [2.24, 2.45) is 0 Å². The highest BCUT2D eigenvalue weighted by molar-refractivity contribution is 6.36. The van der Waals surface area contributed by atoms with E-state index in [2.05, 4.69) is 10.6 Å². The molecule has 0 aromatic heterocycles. The Kier molecular flexibility index (Phi) is 6.51. The number of amides is 4. The number of imide groups is 1. The Balaban J connectivity index is 1.40. The summed E-state index contributed by atoms with van der Waals surface area (Å²) in [6.07, 6.45) is -0.0254. The predicted molar refractivity (Wildman–Crippen MR) is 108 cm³/mol. The first kappa shape index (κ1) is 20.8. The molecule has 0 radical (unpaired) electrons. The zero-order chi connectivity index (χ0) is 21.0. The molecule has 2 N–H and O–H groups in total. The fourth-order valence-electron chi connectivity index (χ4n) is 2.89. The molecule has 2 aromatic rings. The van der Waals surface area contributed by atoms with Crippen LogP contribution in [0.1, 0.15) is 37.5 Å². The zero-order valence-electron chi connectivity index (χ0n) is 15.2. The van der Waals surface area contributed by atoms with Gasteiger partial charge in [0.1, 0.15) is 0 Å². The number of hydrogen-bond acceptors (Lipinski definition) is 4. The van der Waals surface area contributed by atoms with E-state index in [0.717, 1.165) is 4.90 Å². The minimum atomic E-state index is -0.398. The Bertz CT molecular complexity index is 958. The van der Waals surface area contributed by atoms with Crippen molar-refractivity contribution in [1.82, 2.24) is 15.5 Å². The molecule has 0 bridgehead atoms. The lowest BCUT2D eigenvalue weighted by Gasteiger charge is -2.13. The quantitative estimate of drug-likeness (QED) is 0.517. The largest absolute Gasteiger partial charge is 0.354 e. The van der Waals surface area contributed by atoms with Gasteiger partial charge in [-0.2, -0.15) is 0 Å². The third-order valence-electron chi connectivity index (χ3n) is 4.35. The molecule has 0 aliphatic carbocycles. The first-order chi connectivity index (χ1) is 13.9. The fraction of sp³-hybridized carbons (Fsp3) is 0.200. The highest BCUT2D eigenvalue weighted by Gasteiger charge is 2.34. The molecule has 2 aromatic carbocycles. The van der Waals surface area contributed by atoms with Crippen molar-refractivity contribution >= 4 is 46.8 Å². The molecule has 0 saturated carbocycles. The van der Waals surface area contributed by atoms with Crippen molar-refractivity contribution in [2.45, 2.75) is 6.42 Å². The molecular formula is C20H17Cl2N3O4. The Morgan fingerprint density at radius 1 is 0.897 bits per heavy atom. The molecule has 0 spiro atoms. The standard InChI is InChI=1S/C20H17Cl2N3O4/c21-12-5-6-15(16(22)11-12)18(27)24-9-8-23-17(26)7-10-25-19(28)13-3-1-2-4-14(13)20(25)29/h1-6,11H,7-10H2,(H,23,26)(H,24,27). The van der Waals surface area contributed by atoms with Crippen LogP contribution in [-0.4, -0.2) is 48.2 Å². The number of rotatable bonds is 7. The summed E-state index contributed by atoms with van der Waals surface area (Å²) in [6.45, 7) is 0.374. The molecule has 0 saturated heterocycles. The molecule has 0 atom stereocenters. The lowest BCUT2D eigenvalue weighted by molar-refractivity contribution is -0.121. The maximum absolute atomic E-state index is 12.2. The van der Waals surface area contributed by atoms with Crippen LogP contribution < -0.4 is 10.6 Å². The molecule has 29 heavy (non-hydrogen) atoms. The summed E-state index contributed by atoms with van der Waals surface area (Å²) < 4.78 is 0. The molecule has 1 aliphatic heterocycles. The topological polar surface area (TPSA) is 95.6 Å². The molecule has 0 unspecified atom stereocenters. The number of carbonyl (C=O) groups excluding carboxylic acids is 4. The molecule has 3 rings (SSSR count). The third-order valence-corrected chi connectivity index (χ3v) is 4.90. The summed E-state index contributed by atoms with van der Waals surface area (Å²) >= 11 is 11.8. The van der Waals surface area contributed by atoms with Crippen LogP contribution in [0.5, 0.6) is 0 Å². The molecule has 7 nitrogen and oxygen atoms in total. The summed E-state index contributed by atoms with van der Waals surface area (Å²) in [5, 5.41) is 5.93. The summed E-state index contributed by atoms with van der Waals surface area (Å²) in [4.78, 5) is 49.6. The fourth-order valence-corrected chi connectivity index (χ4v) is 3.39. The molecule has 1 heterocycles. The smallest absolute Gasteiger partial charge is 0.261 e. The average Bonchev–Trinajstić information content (AvgIpc) is 2.94. The number of hydrogen-bond donors (Lipinski definition) is 2. The van der Waals surface area contributed by atoms with Gasteiger partial charge >= 0.3 is 0 Å². The first-order valence-corrected chi connectivity index (χ1v) is 9.59. The highest BCUT2D eigenvalue weighted by atomic mass is 35.5. The van der Waals surface area contributed by atoms with Crippen molar-refractivity contribution < 1.29 is 19.2 Å². The monoisotopic (exact) mass is 433 g/mol. The molecular weight excluding hydrogens is 417 g/mol. The SMILES string of the molecule is O=C(CCN1C(=O)c2ccccc2C1=O)NCCNC(=O)c1ccc(Cl)cc1Cl. The number of nitrogens with one attached hydrogen (secondary N) is 2. The number of fused-ring (bicyclic) bond motifs is 1. The van der Waals surface area contributed by atoms with E-state index in [9.17, 15) is 19.2 Å². The Morgan fingerprint density at radius 3 is 2.14 bits per heavy atom. The van der Waals surface area contributed by atoms with E-state index in [4.69, 9.17) is 23.2 Å². The van der Waals surface area contributed by atoms with Crippen molar-refractivity contribution in [1.29, 1.82) is 0 Å². The molecule has 4 amide bonds. The predicted octanol–water partition coefficient (Wildman–Crippen LogP) is 2.53. The maximum atomic E-state index is 12.2. The van der Waals surface area contributed by atoms with Crippen LogP contribution in [0.2, 0.25) is 10.0 Å². The third kappa shape index (κ3) is 4.75. The van der Waals surface area contributed by atoms with Gasteiger partial charge in [0.2, 0.25) is 5.91 Å². The molecule has 1 aliphatic rings. The van der Waals surface area contributed by atoms with E-state index in [-0.39, 0.29) is 48.5 Å². The van der Waals surface area contributed by atoms with E-state index >= 15 is 0 Å². The molecule has 150 valence electrons.